The van der Waals surface area contributed by atoms with Crippen molar-refractivity contribution >= 4 is 41.2 Å². The Morgan fingerprint density at radius 3 is 2.38 bits per heavy atom. The topological polar surface area (TPSA) is 165 Å². The number of anilines is 1. The van der Waals surface area contributed by atoms with E-state index in [1.165, 1.54) is 25.3 Å². The number of methoxy groups -OCH3 is 1. The van der Waals surface area contributed by atoms with Gasteiger partial charge in [0.15, 0.2) is 0 Å². The SMILES string of the molecule is COC(=O)Oc1ccc([N+](=O)[O-])cc1C1CCN(c2ccc3c(c2)C(=O)N(C2CCC(=O)NC2=O)C3=O)CC1. The first kappa shape index (κ1) is 25.8. The molecule has 0 radical (unpaired) electrons. The molecule has 1 N–H and O–H groups in total. The number of piperidine rings is 2. The molecule has 39 heavy (non-hydrogen) atoms. The second-order valence-corrected chi connectivity index (χ2v) is 9.47. The van der Waals surface area contributed by atoms with Crippen molar-refractivity contribution in [2.75, 3.05) is 25.1 Å². The van der Waals surface area contributed by atoms with Crippen molar-refractivity contribution in [1.82, 2.24) is 10.2 Å². The second-order valence-electron chi connectivity index (χ2n) is 9.47. The number of nitro benzene ring substituents is 1. The average molecular weight is 536 g/mol. The maximum atomic E-state index is 13.2. The van der Waals surface area contributed by atoms with Gasteiger partial charge in [0.25, 0.3) is 17.5 Å². The third-order valence-corrected chi connectivity index (χ3v) is 7.29. The van der Waals surface area contributed by atoms with Crippen molar-refractivity contribution in [2.24, 2.45) is 0 Å². The van der Waals surface area contributed by atoms with Crippen LogP contribution in [0, 0.1) is 10.1 Å². The summed E-state index contributed by atoms with van der Waals surface area (Å²) in [7, 11) is 1.17. The molecule has 2 saturated heterocycles. The number of nitrogens with one attached hydrogen (secondary N) is 1. The molecule has 3 aliphatic rings. The molecular formula is C26H24N4O9. The van der Waals surface area contributed by atoms with Gasteiger partial charge < -0.3 is 14.4 Å². The molecule has 0 spiro atoms. The molecule has 5 rings (SSSR count). The fourth-order valence-corrected chi connectivity index (χ4v) is 5.30. The first-order valence-electron chi connectivity index (χ1n) is 12.3. The average Bonchev–Trinajstić information content (AvgIpc) is 3.17. The fraction of sp³-hybridized carbons (Fsp3) is 0.346. The lowest BCUT2D eigenvalue weighted by Crippen LogP contribution is -2.54. The van der Waals surface area contributed by atoms with Crippen LogP contribution in [-0.2, 0) is 14.3 Å². The summed E-state index contributed by atoms with van der Waals surface area (Å²) >= 11 is 0. The third-order valence-electron chi connectivity index (χ3n) is 7.29. The van der Waals surface area contributed by atoms with E-state index in [-0.39, 0.29) is 41.3 Å². The minimum absolute atomic E-state index is 0.0426. The van der Waals surface area contributed by atoms with Gasteiger partial charge in [-0.05, 0) is 49.4 Å². The highest BCUT2D eigenvalue weighted by Gasteiger charge is 2.44. The van der Waals surface area contributed by atoms with Gasteiger partial charge in [0.1, 0.15) is 11.8 Å². The van der Waals surface area contributed by atoms with Crippen molar-refractivity contribution in [3.63, 3.8) is 0 Å². The summed E-state index contributed by atoms with van der Waals surface area (Å²) < 4.78 is 9.78. The lowest BCUT2D eigenvalue weighted by atomic mass is 9.88. The van der Waals surface area contributed by atoms with Crippen LogP contribution in [0.4, 0.5) is 16.2 Å². The number of carbonyl (C=O) groups is 5. The van der Waals surface area contributed by atoms with Crippen LogP contribution in [0.2, 0.25) is 0 Å². The Hall–Kier alpha value is -4.81. The first-order chi connectivity index (χ1) is 18.7. The molecule has 4 amide bonds. The molecule has 2 fully saturated rings. The second kappa shape index (κ2) is 10.2. The maximum absolute atomic E-state index is 13.2. The Bertz CT molecular complexity index is 1410. The van der Waals surface area contributed by atoms with Crippen LogP contribution in [0.3, 0.4) is 0 Å². The number of fused-ring (bicyclic) bond motifs is 1. The molecule has 0 aromatic heterocycles. The summed E-state index contributed by atoms with van der Waals surface area (Å²) in [4.78, 5) is 75.4. The van der Waals surface area contributed by atoms with Gasteiger partial charge in [0, 0.05) is 42.9 Å². The molecule has 0 aliphatic carbocycles. The number of nitro groups is 1. The third kappa shape index (κ3) is 4.78. The summed E-state index contributed by atoms with van der Waals surface area (Å²) in [6.45, 7) is 1.06. The molecule has 1 atom stereocenters. The van der Waals surface area contributed by atoms with E-state index in [0.717, 1.165) is 4.90 Å². The Balaban J connectivity index is 1.32. The molecule has 3 aliphatic heterocycles. The van der Waals surface area contributed by atoms with Gasteiger partial charge in [-0.2, -0.15) is 0 Å². The molecule has 0 bridgehead atoms. The highest BCUT2D eigenvalue weighted by molar-refractivity contribution is 6.23. The lowest BCUT2D eigenvalue weighted by molar-refractivity contribution is -0.385. The zero-order valence-electron chi connectivity index (χ0n) is 20.9. The number of ether oxygens (including phenoxy) is 2. The Morgan fingerprint density at radius 1 is 1.00 bits per heavy atom. The van der Waals surface area contributed by atoms with Crippen LogP contribution in [-0.4, -0.2) is 65.8 Å². The van der Waals surface area contributed by atoms with E-state index < -0.39 is 40.7 Å². The number of carbonyl (C=O) groups excluding carboxylic acids is 5. The zero-order valence-corrected chi connectivity index (χ0v) is 20.9. The highest BCUT2D eigenvalue weighted by atomic mass is 16.7. The van der Waals surface area contributed by atoms with E-state index in [1.807, 2.05) is 4.90 Å². The quantitative estimate of drug-likeness (QED) is 0.197. The largest absolute Gasteiger partial charge is 0.513 e. The van der Waals surface area contributed by atoms with E-state index in [9.17, 15) is 34.1 Å². The summed E-state index contributed by atoms with van der Waals surface area (Å²) in [5, 5.41) is 13.5. The lowest BCUT2D eigenvalue weighted by Gasteiger charge is -2.34. The Labute approximate surface area is 221 Å². The van der Waals surface area contributed by atoms with E-state index in [4.69, 9.17) is 4.74 Å². The predicted octanol–water partition coefficient (Wildman–Crippen LogP) is 2.53. The minimum atomic E-state index is -1.04. The number of hydrogen-bond acceptors (Lipinski definition) is 10. The molecule has 3 heterocycles. The molecule has 13 heteroatoms. The van der Waals surface area contributed by atoms with Crippen molar-refractivity contribution in [2.45, 2.75) is 37.6 Å². The number of hydrogen-bond donors (Lipinski definition) is 1. The summed E-state index contributed by atoms with van der Waals surface area (Å²) in [5.74, 6) is -2.20. The van der Waals surface area contributed by atoms with Gasteiger partial charge in [-0.3, -0.25) is 39.5 Å². The summed E-state index contributed by atoms with van der Waals surface area (Å²) in [6.07, 6.45) is 0.346. The van der Waals surface area contributed by atoms with Crippen LogP contribution >= 0.6 is 0 Å². The molecule has 0 saturated carbocycles. The van der Waals surface area contributed by atoms with Crippen molar-refractivity contribution < 1.29 is 38.4 Å². The molecular weight excluding hydrogens is 512 g/mol. The van der Waals surface area contributed by atoms with Gasteiger partial charge in [-0.1, -0.05) is 0 Å². The Morgan fingerprint density at radius 2 is 1.72 bits per heavy atom. The number of imide groups is 2. The standard InChI is InChI=1S/C26H24N4O9/c1-38-26(35)39-21-6-3-16(30(36)37)13-18(21)14-8-10-28(11-9-14)15-2-4-17-19(12-15)25(34)29(24(17)33)20-5-7-22(31)27-23(20)32/h2-4,6,12-14,20H,5,7-11H2,1H3,(H,27,31,32). The predicted molar refractivity (Wildman–Crippen MR) is 133 cm³/mol. The van der Waals surface area contributed by atoms with Crippen LogP contribution in [0.25, 0.3) is 0 Å². The van der Waals surface area contributed by atoms with Crippen LogP contribution in [0.15, 0.2) is 36.4 Å². The van der Waals surface area contributed by atoms with E-state index in [0.29, 0.717) is 37.2 Å². The Kier molecular flexibility index (Phi) is 6.73. The minimum Gasteiger partial charge on any atom is -0.437 e. The molecule has 13 nitrogen and oxygen atoms in total. The molecule has 2 aromatic rings. The highest BCUT2D eigenvalue weighted by Crippen LogP contribution is 2.38. The summed E-state index contributed by atoms with van der Waals surface area (Å²) in [6, 6.07) is 7.93. The van der Waals surface area contributed by atoms with Gasteiger partial charge in [-0.25, -0.2) is 4.79 Å². The number of amides is 4. The van der Waals surface area contributed by atoms with Gasteiger partial charge >= 0.3 is 6.16 Å². The zero-order chi connectivity index (χ0) is 27.8. The molecule has 202 valence electrons. The smallest absolute Gasteiger partial charge is 0.437 e. The van der Waals surface area contributed by atoms with E-state index in [1.54, 1.807) is 18.2 Å². The molecule has 2 aromatic carbocycles. The fourth-order valence-electron chi connectivity index (χ4n) is 5.30. The molecule has 1 unspecified atom stereocenters. The van der Waals surface area contributed by atoms with Gasteiger partial charge in [0.05, 0.1) is 23.2 Å². The van der Waals surface area contributed by atoms with Crippen LogP contribution in [0.5, 0.6) is 5.75 Å². The van der Waals surface area contributed by atoms with Gasteiger partial charge in [-0.15, -0.1) is 0 Å². The van der Waals surface area contributed by atoms with Crippen LogP contribution < -0.4 is 15.0 Å². The van der Waals surface area contributed by atoms with Crippen molar-refractivity contribution in [3.05, 3.63) is 63.2 Å². The van der Waals surface area contributed by atoms with E-state index in [2.05, 4.69) is 10.1 Å². The first-order valence-corrected chi connectivity index (χ1v) is 12.3. The van der Waals surface area contributed by atoms with Crippen molar-refractivity contribution in [1.29, 1.82) is 0 Å². The number of nitrogens with zero attached hydrogens (tertiary/aromatic N) is 3. The van der Waals surface area contributed by atoms with Crippen LogP contribution in [0.1, 0.15) is 57.9 Å². The summed E-state index contributed by atoms with van der Waals surface area (Å²) in [5.41, 5.74) is 1.51. The number of rotatable bonds is 5. The maximum Gasteiger partial charge on any atom is 0.513 e. The monoisotopic (exact) mass is 536 g/mol. The normalized spacial score (nSPS) is 19.6. The van der Waals surface area contributed by atoms with Gasteiger partial charge in [0.2, 0.25) is 11.8 Å². The number of benzene rings is 2. The van der Waals surface area contributed by atoms with Crippen molar-refractivity contribution in [3.8, 4) is 5.75 Å². The van der Waals surface area contributed by atoms with E-state index >= 15 is 0 Å². The number of non-ortho nitro benzene ring substituents is 1.